The molecule has 0 bridgehead atoms. The molecule has 0 saturated heterocycles. The number of carbonyl (C=O) groups is 2. The van der Waals surface area contributed by atoms with Crippen LogP contribution in [0.5, 0.6) is 0 Å². The highest BCUT2D eigenvalue weighted by molar-refractivity contribution is 5.85. The first kappa shape index (κ1) is 18.1. The van der Waals surface area contributed by atoms with Crippen molar-refractivity contribution in [3.8, 4) is 0 Å². The second-order valence-corrected chi connectivity index (χ2v) is 4.99. The first-order valence-corrected chi connectivity index (χ1v) is 7.63. The number of nitrogens with one attached hydrogen (secondary N) is 2. The predicted molar refractivity (Wildman–Crippen MR) is 87.0 cm³/mol. The Labute approximate surface area is 132 Å². The van der Waals surface area contributed by atoms with Crippen molar-refractivity contribution in [3.63, 3.8) is 0 Å². The maximum absolute atomic E-state index is 11.7. The molecule has 0 heterocycles. The van der Waals surface area contributed by atoms with E-state index in [1.165, 1.54) is 5.56 Å². The van der Waals surface area contributed by atoms with E-state index in [-0.39, 0.29) is 24.9 Å². The normalized spacial score (nSPS) is 10.5. The Morgan fingerprint density at radius 2 is 1.68 bits per heavy atom. The van der Waals surface area contributed by atoms with Crippen LogP contribution in [0.4, 0.5) is 0 Å². The summed E-state index contributed by atoms with van der Waals surface area (Å²) in [6, 6.07) is 8.06. The Kier molecular flexibility index (Phi) is 8.17. The van der Waals surface area contributed by atoms with Crippen LogP contribution in [0.2, 0.25) is 0 Å². The van der Waals surface area contributed by atoms with Gasteiger partial charge >= 0.3 is 0 Å². The van der Waals surface area contributed by atoms with Gasteiger partial charge in [0.15, 0.2) is 0 Å². The monoisotopic (exact) mass is 306 g/mol. The van der Waals surface area contributed by atoms with E-state index >= 15 is 0 Å². The van der Waals surface area contributed by atoms with Crippen molar-refractivity contribution in [1.82, 2.24) is 15.5 Å². The molecular formula is C16H26N4O2. The summed E-state index contributed by atoms with van der Waals surface area (Å²) in [5, 5.41) is 5.26. The smallest absolute Gasteiger partial charge is 0.239 e. The fraction of sp³-hybridized carbons (Fsp3) is 0.500. The summed E-state index contributed by atoms with van der Waals surface area (Å²) in [5.74, 6) is -0.559. The average molecular weight is 306 g/mol. The van der Waals surface area contributed by atoms with Crippen LogP contribution in [0.3, 0.4) is 0 Å². The summed E-state index contributed by atoms with van der Waals surface area (Å²) in [6.45, 7) is 7.40. The Morgan fingerprint density at radius 3 is 2.27 bits per heavy atom. The van der Waals surface area contributed by atoms with Crippen molar-refractivity contribution in [2.45, 2.75) is 26.9 Å². The van der Waals surface area contributed by atoms with E-state index in [4.69, 9.17) is 5.73 Å². The Balaban J connectivity index is 2.55. The lowest BCUT2D eigenvalue weighted by Gasteiger charge is -2.20. The predicted octanol–water partition coefficient (Wildman–Crippen LogP) is 0.220. The van der Waals surface area contributed by atoms with Crippen molar-refractivity contribution in [1.29, 1.82) is 0 Å². The van der Waals surface area contributed by atoms with Gasteiger partial charge in [0.2, 0.25) is 11.8 Å². The molecule has 0 aliphatic carbocycles. The molecule has 6 nitrogen and oxygen atoms in total. The van der Waals surface area contributed by atoms with E-state index in [2.05, 4.69) is 35.4 Å². The van der Waals surface area contributed by atoms with E-state index in [9.17, 15) is 9.59 Å². The van der Waals surface area contributed by atoms with Crippen molar-refractivity contribution >= 4 is 11.8 Å². The fourth-order valence-electron chi connectivity index (χ4n) is 2.08. The van der Waals surface area contributed by atoms with Crippen molar-refractivity contribution in [2.75, 3.05) is 26.2 Å². The third-order valence-electron chi connectivity index (χ3n) is 3.51. The molecule has 2 amide bonds. The third kappa shape index (κ3) is 6.24. The zero-order valence-corrected chi connectivity index (χ0v) is 13.4. The van der Waals surface area contributed by atoms with Crippen LogP contribution < -0.4 is 16.4 Å². The standard InChI is InChI=1S/C16H26N4O2/c1-3-20(4-2)12-14-8-6-5-7-13(14)10-18-16(22)11-19-15(21)9-17/h5-8H,3-4,9-12,17H2,1-2H3,(H,18,22)(H,19,21). The molecule has 22 heavy (non-hydrogen) atoms. The average Bonchev–Trinajstić information content (AvgIpc) is 2.56. The highest BCUT2D eigenvalue weighted by Crippen LogP contribution is 2.11. The largest absolute Gasteiger partial charge is 0.350 e. The summed E-state index contributed by atoms with van der Waals surface area (Å²) < 4.78 is 0. The summed E-state index contributed by atoms with van der Waals surface area (Å²) in [6.07, 6.45) is 0. The molecule has 6 heteroatoms. The van der Waals surface area contributed by atoms with Gasteiger partial charge in [-0.15, -0.1) is 0 Å². The van der Waals surface area contributed by atoms with Gasteiger partial charge in [0.25, 0.3) is 0 Å². The lowest BCUT2D eigenvalue weighted by atomic mass is 10.1. The molecule has 0 aliphatic heterocycles. The first-order valence-electron chi connectivity index (χ1n) is 7.63. The first-order chi connectivity index (χ1) is 10.6. The molecule has 1 rings (SSSR count). The number of rotatable bonds is 9. The number of nitrogens with zero attached hydrogens (tertiary/aromatic N) is 1. The van der Waals surface area contributed by atoms with Gasteiger partial charge in [0.1, 0.15) is 0 Å². The van der Waals surface area contributed by atoms with E-state index in [0.29, 0.717) is 6.54 Å². The van der Waals surface area contributed by atoms with Crippen LogP contribution >= 0.6 is 0 Å². The Bertz CT molecular complexity index is 487. The maximum atomic E-state index is 11.7. The minimum Gasteiger partial charge on any atom is -0.350 e. The van der Waals surface area contributed by atoms with E-state index in [0.717, 1.165) is 25.2 Å². The number of hydrogen-bond acceptors (Lipinski definition) is 4. The van der Waals surface area contributed by atoms with E-state index < -0.39 is 0 Å². The summed E-state index contributed by atoms with van der Waals surface area (Å²) in [4.78, 5) is 25.0. The molecule has 1 aromatic rings. The molecule has 0 aliphatic rings. The van der Waals surface area contributed by atoms with Gasteiger partial charge in [-0.25, -0.2) is 0 Å². The van der Waals surface area contributed by atoms with Crippen LogP contribution in [0.15, 0.2) is 24.3 Å². The summed E-state index contributed by atoms with van der Waals surface area (Å²) >= 11 is 0. The molecule has 122 valence electrons. The van der Waals surface area contributed by atoms with Gasteiger partial charge in [0.05, 0.1) is 13.1 Å². The maximum Gasteiger partial charge on any atom is 0.239 e. The number of nitrogens with two attached hydrogens (primary N) is 1. The molecule has 0 radical (unpaired) electrons. The van der Waals surface area contributed by atoms with Crippen LogP contribution in [0, 0.1) is 0 Å². The number of amides is 2. The van der Waals surface area contributed by atoms with E-state index in [1.54, 1.807) is 0 Å². The number of carbonyl (C=O) groups excluding carboxylic acids is 2. The Morgan fingerprint density at radius 1 is 1.05 bits per heavy atom. The second-order valence-electron chi connectivity index (χ2n) is 4.99. The topological polar surface area (TPSA) is 87.5 Å². The highest BCUT2D eigenvalue weighted by atomic mass is 16.2. The van der Waals surface area contributed by atoms with Gasteiger partial charge in [0, 0.05) is 13.1 Å². The zero-order chi connectivity index (χ0) is 16.4. The van der Waals surface area contributed by atoms with Gasteiger partial charge in [-0.05, 0) is 24.2 Å². The van der Waals surface area contributed by atoms with Crippen molar-refractivity contribution in [3.05, 3.63) is 35.4 Å². The fourth-order valence-corrected chi connectivity index (χ4v) is 2.08. The summed E-state index contributed by atoms with van der Waals surface area (Å²) in [5.41, 5.74) is 7.46. The molecule has 0 spiro atoms. The molecule has 0 aromatic heterocycles. The van der Waals surface area contributed by atoms with Crippen molar-refractivity contribution < 1.29 is 9.59 Å². The minimum atomic E-state index is -0.336. The summed E-state index contributed by atoms with van der Waals surface area (Å²) in [7, 11) is 0. The van der Waals surface area contributed by atoms with Gasteiger partial charge < -0.3 is 16.4 Å². The van der Waals surface area contributed by atoms with Gasteiger partial charge in [-0.2, -0.15) is 0 Å². The molecule has 0 saturated carbocycles. The van der Waals surface area contributed by atoms with Crippen LogP contribution in [0.1, 0.15) is 25.0 Å². The second kappa shape index (κ2) is 9.92. The zero-order valence-electron chi connectivity index (χ0n) is 13.4. The highest BCUT2D eigenvalue weighted by Gasteiger charge is 2.08. The van der Waals surface area contributed by atoms with Gasteiger partial charge in [-0.1, -0.05) is 38.1 Å². The molecule has 0 fully saturated rings. The van der Waals surface area contributed by atoms with Crippen LogP contribution in [-0.4, -0.2) is 42.9 Å². The van der Waals surface area contributed by atoms with Gasteiger partial charge in [-0.3, -0.25) is 14.5 Å². The van der Waals surface area contributed by atoms with E-state index in [1.807, 2.05) is 18.2 Å². The van der Waals surface area contributed by atoms with Crippen LogP contribution in [-0.2, 0) is 22.7 Å². The Hall–Kier alpha value is -1.92. The molecule has 0 unspecified atom stereocenters. The number of hydrogen-bond donors (Lipinski definition) is 3. The molecule has 0 atom stereocenters. The molecule has 4 N–H and O–H groups in total. The third-order valence-corrected chi connectivity index (χ3v) is 3.51. The molecular weight excluding hydrogens is 280 g/mol. The SMILES string of the molecule is CCN(CC)Cc1ccccc1CNC(=O)CNC(=O)CN. The molecule has 1 aromatic carbocycles. The lowest BCUT2D eigenvalue weighted by Crippen LogP contribution is -2.39. The quantitative estimate of drug-likeness (QED) is 0.609. The lowest BCUT2D eigenvalue weighted by molar-refractivity contribution is -0.125. The van der Waals surface area contributed by atoms with Crippen molar-refractivity contribution in [2.24, 2.45) is 5.73 Å². The minimum absolute atomic E-state index is 0.0474. The number of benzene rings is 1. The van der Waals surface area contributed by atoms with Crippen LogP contribution in [0.25, 0.3) is 0 Å².